The predicted molar refractivity (Wildman–Crippen MR) is 48.8 cm³/mol. The highest BCUT2D eigenvalue weighted by molar-refractivity contribution is 4.84. The molecular formula is C9H20N2. The summed E-state index contributed by atoms with van der Waals surface area (Å²) in [6.45, 7) is 4.43. The van der Waals surface area contributed by atoms with Crippen LogP contribution in [0, 0.1) is 0 Å². The highest BCUT2D eigenvalue weighted by Crippen LogP contribution is 2.18. The van der Waals surface area contributed by atoms with Crippen molar-refractivity contribution in [2.24, 2.45) is 0 Å². The molecular weight excluding hydrogens is 136 g/mol. The van der Waals surface area contributed by atoms with E-state index < -0.39 is 0 Å². The van der Waals surface area contributed by atoms with Gasteiger partial charge in [0.1, 0.15) is 0 Å². The quantitative estimate of drug-likeness (QED) is 0.640. The third-order valence-corrected chi connectivity index (χ3v) is 2.41. The highest BCUT2D eigenvalue weighted by Gasteiger charge is 2.22. The van der Waals surface area contributed by atoms with E-state index in [2.05, 4.69) is 31.5 Å². The molecule has 66 valence electrons. The number of rotatable bonds is 3. The topological polar surface area (TPSA) is 24.1 Å². The molecule has 0 heterocycles. The third-order valence-electron chi connectivity index (χ3n) is 2.41. The average molecular weight is 156 g/mol. The van der Waals surface area contributed by atoms with Gasteiger partial charge in [-0.25, -0.2) is 0 Å². The first kappa shape index (κ1) is 9.01. The van der Waals surface area contributed by atoms with Gasteiger partial charge in [-0.3, -0.25) is 0 Å². The molecule has 2 heteroatoms. The molecule has 0 saturated heterocycles. The van der Waals surface area contributed by atoms with Gasteiger partial charge in [-0.2, -0.15) is 0 Å². The zero-order valence-electron chi connectivity index (χ0n) is 7.85. The lowest BCUT2D eigenvalue weighted by atomic mass is 10.2. The maximum Gasteiger partial charge on any atom is 0.00848 e. The van der Waals surface area contributed by atoms with Gasteiger partial charge in [-0.15, -0.1) is 0 Å². The second-order valence-electron chi connectivity index (χ2n) is 3.82. The van der Waals surface area contributed by atoms with E-state index in [1.807, 2.05) is 0 Å². The van der Waals surface area contributed by atoms with E-state index in [-0.39, 0.29) is 0 Å². The van der Waals surface area contributed by atoms with Gasteiger partial charge in [0.05, 0.1) is 0 Å². The summed E-state index contributed by atoms with van der Waals surface area (Å²) in [4.78, 5) is 0. The number of hydrogen-bond donors (Lipinski definition) is 2. The van der Waals surface area contributed by atoms with E-state index in [9.17, 15) is 0 Å². The molecule has 2 nitrogen and oxygen atoms in total. The van der Waals surface area contributed by atoms with Gasteiger partial charge >= 0.3 is 0 Å². The molecule has 1 unspecified atom stereocenters. The first-order chi connectivity index (χ1) is 5.22. The summed E-state index contributed by atoms with van der Waals surface area (Å²) in [6.07, 6.45) is 3.97. The molecule has 0 aromatic carbocycles. The maximum absolute atomic E-state index is 3.57. The van der Waals surface area contributed by atoms with E-state index >= 15 is 0 Å². The zero-order valence-corrected chi connectivity index (χ0v) is 7.85. The van der Waals surface area contributed by atoms with Gasteiger partial charge in [-0.05, 0) is 26.3 Å². The summed E-state index contributed by atoms with van der Waals surface area (Å²) >= 11 is 0. The van der Waals surface area contributed by atoms with Crippen LogP contribution in [0.1, 0.15) is 33.1 Å². The molecule has 1 aliphatic rings. The second kappa shape index (κ2) is 4.07. The zero-order chi connectivity index (χ0) is 8.27. The van der Waals surface area contributed by atoms with Crippen molar-refractivity contribution in [2.45, 2.75) is 51.2 Å². The van der Waals surface area contributed by atoms with Crippen molar-refractivity contribution in [1.82, 2.24) is 10.6 Å². The number of nitrogens with one attached hydrogen (secondary N) is 2. The van der Waals surface area contributed by atoms with Crippen molar-refractivity contribution in [1.29, 1.82) is 0 Å². The van der Waals surface area contributed by atoms with Crippen molar-refractivity contribution in [2.75, 3.05) is 7.05 Å². The minimum atomic E-state index is 0.635. The van der Waals surface area contributed by atoms with Crippen molar-refractivity contribution >= 4 is 0 Å². The summed E-state index contributed by atoms with van der Waals surface area (Å²) in [6, 6.07) is 2.15. The smallest absolute Gasteiger partial charge is 0.00848 e. The van der Waals surface area contributed by atoms with Crippen LogP contribution in [0.3, 0.4) is 0 Å². The fourth-order valence-corrected chi connectivity index (χ4v) is 1.87. The van der Waals surface area contributed by atoms with Crippen LogP contribution in [0.5, 0.6) is 0 Å². The lowest BCUT2D eigenvalue weighted by Crippen LogP contribution is -2.34. The molecule has 1 saturated carbocycles. The van der Waals surface area contributed by atoms with Gasteiger partial charge in [0.15, 0.2) is 0 Å². The fourth-order valence-electron chi connectivity index (χ4n) is 1.87. The van der Waals surface area contributed by atoms with Crippen LogP contribution >= 0.6 is 0 Å². The molecule has 11 heavy (non-hydrogen) atoms. The van der Waals surface area contributed by atoms with Crippen LogP contribution in [0.15, 0.2) is 0 Å². The van der Waals surface area contributed by atoms with E-state index in [1.165, 1.54) is 19.3 Å². The van der Waals surface area contributed by atoms with E-state index in [0.717, 1.165) is 12.1 Å². The molecule has 1 fully saturated rings. The van der Waals surface area contributed by atoms with E-state index in [4.69, 9.17) is 0 Å². The molecule has 0 aliphatic heterocycles. The molecule has 0 radical (unpaired) electrons. The van der Waals surface area contributed by atoms with Gasteiger partial charge in [0.25, 0.3) is 0 Å². The second-order valence-corrected chi connectivity index (χ2v) is 3.82. The molecule has 0 aromatic rings. The van der Waals surface area contributed by atoms with Crippen molar-refractivity contribution in [3.63, 3.8) is 0 Å². The summed E-state index contributed by atoms with van der Waals surface area (Å²) in [5.74, 6) is 0. The maximum atomic E-state index is 3.57. The Morgan fingerprint density at radius 3 is 2.27 bits per heavy atom. The molecule has 1 aliphatic carbocycles. The standard InChI is InChI=1S/C9H20N2/c1-7(2)11-9-5-4-8(6-9)10-3/h7-11H,4-6H2,1-3H3/t8?,9-/m0/s1. The van der Waals surface area contributed by atoms with Crippen LogP contribution in [0.25, 0.3) is 0 Å². The summed E-state index contributed by atoms with van der Waals surface area (Å²) in [5, 5.41) is 6.89. The molecule has 0 aromatic heterocycles. The van der Waals surface area contributed by atoms with Gasteiger partial charge in [0, 0.05) is 18.1 Å². The molecule has 0 bridgehead atoms. The van der Waals surface area contributed by atoms with E-state index in [1.54, 1.807) is 0 Å². The normalized spacial score (nSPS) is 31.6. The predicted octanol–water partition coefficient (Wildman–Crippen LogP) is 1.12. The Morgan fingerprint density at radius 2 is 1.82 bits per heavy atom. The molecule has 0 amide bonds. The molecule has 0 spiro atoms. The Morgan fingerprint density at radius 1 is 1.18 bits per heavy atom. The van der Waals surface area contributed by atoms with Crippen LogP contribution in [-0.4, -0.2) is 25.2 Å². The van der Waals surface area contributed by atoms with Crippen LogP contribution in [0.2, 0.25) is 0 Å². The summed E-state index contributed by atoms with van der Waals surface area (Å²) in [7, 11) is 2.06. The number of hydrogen-bond acceptors (Lipinski definition) is 2. The van der Waals surface area contributed by atoms with Crippen molar-refractivity contribution < 1.29 is 0 Å². The Labute approximate surface area is 69.8 Å². The lowest BCUT2D eigenvalue weighted by Gasteiger charge is -2.15. The van der Waals surface area contributed by atoms with Crippen LogP contribution in [0.4, 0.5) is 0 Å². The molecule has 2 atom stereocenters. The van der Waals surface area contributed by atoms with Gasteiger partial charge in [-0.1, -0.05) is 13.8 Å². The first-order valence-electron chi connectivity index (χ1n) is 4.65. The van der Waals surface area contributed by atoms with Crippen molar-refractivity contribution in [3.05, 3.63) is 0 Å². The summed E-state index contributed by atoms with van der Waals surface area (Å²) in [5.41, 5.74) is 0. The monoisotopic (exact) mass is 156 g/mol. The van der Waals surface area contributed by atoms with Gasteiger partial charge in [0.2, 0.25) is 0 Å². The van der Waals surface area contributed by atoms with Gasteiger partial charge < -0.3 is 10.6 Å². The Balaban J connectivity index is 2.19. The Kier molecular flexibility index (Phi) is 3.34. The third kappa shape index (κ3) is 2.80. The summed E-state index contributed by atoms with van der Waals surface area (Å²) < 4.78 is 0. The largest absolute Gasteiger partial charge is 0.317 e. The highest BCUT2D eigenvalue weighted by atomic mass is 15.0. The van der Waals surface area contributed by atoms with Crippen LogP contribution < -0.4 is 10.6 Å². The minimum absolute atomic E-state index is 0.635. The van der Waals surface area contributed by atoms with Crippen molar-refractivity contribution in [3.8, 4) is 0 Å². The first-order valence-corrected chi connectivity index (χ1v) is 4.65. The van der Waals surface area contributed by atoms with E-state index in [0.29, 0.717) is 6.04 Å². The fraction of sp³-hybridized carbons (Fsp3) is 1.00. The average Bonchev–Trinajstić information content (AvgIpc) is 2.34. The minimum Gasteiger partial charge on any atom is -0.317 e. The lowest BCUT2D eigenvalue weighted by molar-refractivity contribution is 0.458. The Hall–Kier alpha value is -0.0800. The Bertz CT molecular complexity index is 112. The SMILES string of the molecule is CNC1CC[C@H](NC(C)C)C1. The van der Waals surface area contributed by atoms with Crippen LogP contribution in [-0.2, 0) is 0 Å². The molecule has 1 rings (SSSR count). The molecule has 2 N–H and O–H groups in total.